The van der Waals surface area contributed by atoms with Crippen LogP contribution in [0.3, 0.4) is 0 Å². The summed E-state index contributed by atoms with van der Waals surface area (Å²) in [5.41, 5.74) is -0.133. The van der Waals surface area contributed by atoms with Crippen molar-refractivity contribution >= 4 is 33.6 Å². The molecule has 13 heteroatoms. The third kappa shape index (κ3) is 9.04. The molecule has 1 aromatic carbocycles. The molecule has 204 valence electrons. The highest BCUT2D eigenvalue weighted by Gasteiger charge is 2.31. The molecule has 0 bridgehead atoms. The van der Waals surface area contributed by atoms with E-state index in [-0.39, 0.29) is 29.3 Å². The first-order valence-electron chi connectivity index (χ1n) is 11.9. The summed E-state index contributed by atoms with van der Waals surface area (Å²) in [4.78, 5) is 12.3. The lowest BCUT2D eigenvalue weighted by atomic mass is 10.1. The molecule has 37 heavy (non-hydrogen) atoms. The summed E-state index contributed by atoms with van der Waals surface area (Å²) in [7, 11) is -3.77. The first-order valence-corrected chi connectivity index (χ1v) is 13.9. The number of carbonyl (C=O) groups excluding carboxylic acids is 1. The maximum absolute atomic E-state index is 13.0. The molecule has 2 aromatic rings. The van der Waals surface area contributed by atoms with Crippen LogP contribution in [-0.2, 0) is 32.3 Å². The number of rotatable bonds is 11. The van der Waals surface area contributed by atoms with Gasteiger partial charge in [-0.15, -0.1) is 5.10 Å². The summed E-state index contributed by atoms with van der Waals surface area (Å²) in [6, 6.07) is 4.59. The molecule has 8 nitrogen and oxygen atoms in total. The number of hydrogen-bond donors (Lipinski definition) is 1. The van der Waals surface area contributed by atoms with E-state index >= 15 is 0 Å². The number of unbranched alkanes of at least 4 members (excludes halogenated alkanes) is 2. The molecule has 1 N–H and O–H groups in total. The SMILES string of the molecule is CCCCCS(=O)(=O)NC(=O)C=Cc1cc(OC2CCOCC2)nn1Cc1ccc(C(F)(F)F)cc1Cl. The molecule has 1 amide bonds. The smallest absolute Gasteiger partial charge is 0.416 e. The Bertz CT molecular complexity index is 1210. The van der Waals surface area contributed by atoms with Gasteiger partial charge in [0.05, 0.1) is 36.8 Å². The maximum atomic E-state index is 13.0. The van der Waals surface area contributed by atoms with Crippen molar-refractivity contribution in [2.24, 2.45) is 0 Å². The predicted molar refractivity (Wildman–Crippen MR) is 133 cm³/mol. The standard InChI is InChI=1S/C24H29ClF3N3O5S/c1-2-3-4-13-37(33,34)30-22(32)8-7-19-15-23(36-20-9-11-35-12-10-20)29-31(19)16-17-5-6-18(14-21(17)25)24(26,27)28/h5-8,14-15,20H,2-4,9-13,16H2,1H3,(H,30,32). The largest absolute Gasteiger partial charge is 0.473 e. The van der Waals surface area contributed by atoms with Crippen molar-refractivity contribution in [1.29, 1.82) is 0 Å². The minimum absolute atomic E-state index is 0.00921. The van der Waals surface area contributed by atoms with Crippen molar-refractivity contribution in [3.8, 4) is 5.88 Å². The van der Waals surface area contributed by atoms with Gasteiger partial charge in [-0.1, -0.05) is 37.4 Å². The summed E-state index contributed by atoms with van der Waals surface area (Å²) in [6.07, 6.45) is 1.10. The molecule has 1 saturated heterocycles. The highest BCUT2D eigenvalue weighted by atomic mass is 35.5. The topological polar surface area (TPSA) is 99.5 Å². The number of sulfonamides is 1. The second-order valence-electron chi connectivity index (χ2n) is 8.62. The zero-order valence-corrected chi connectivity index (χ0v) is 21.8. The number of nitrogens with zero attached hydrogens (tertiary/aromatic N) is 2. The Kier molecular flexibility index (Phi) is 10.0. The van der Waals surface area contributed by atoms with Crippen LogP contribution in [0.15, 0.2) is 30.3 Å². The summed E-state index contributed by atoms with van der Waals surface area (Å²) < 4.78 is 77.9. The van der Waals surface area contributed by atoms with Gasteiger partial charge >= 0.3 is 6.18 Å². The normalized spacial score (nSPS) is 15.3. The van der Waals surface area contributed by atoms with E-state index in [4.69, 9.17) is 21.1 Å². The molecule has 1 fully saturated rings. The third-order valence-electron chi connectivity index (χ3n) is 5.62. The summed E-state index contributed by atoms with van der Waals surface area (Å²) in [5, 5.41) is 4.29. The number of benzene rings is 1. The minimum atomic E-state index is -4.53. The van der Waals surface area contributed by atoms with Gasteiger partial charge in [-0.3, -0.25) is 9.48 Å². The molecule has 0 unspecified atom stereocenters. The van der Waals surface area contributed by atoms with Gasteiger partial charge in [-0.05, 0) is 30.2 Å². The van der Waals surface area contributed by atoms with Crippen molar-refractivity contribution in [2.75, 3.05) is 19.0 Å². The van der Waals surface area contributed by atoms with Gasteiger partial charge in [0, 0.05) is 30.0 Å². The number of alkyl halides is 3. The van der Waals surface area contributed by atoms with Gasteiger partial charge < -0.3 is 9.47 Å². The summed E-state index contributed by atoms with van der Waals surface area (Å²) in [6.45, 7) is 3.03. The molecule has 0 saturated carbocycles. The molecule has 3 rings (SSSR count). The number of aromatic nitrogens is 2. The Balaban J connectivity index is 1.80. The van der Waals surface area contributed by atoms with Crippen LogP contribution >= 0.6 is 11.6 Å². The van der Waals surface area contributed by atoms with E-state index in [1.165, 1.54) is 16.8 Å². The Hall–Kier alpha value is -2.57. The van der Waals surface area contributed by atoms with Crippen LogP contribution in [-0.4, -0.2) is 49.2 Å². The Morgan fingerprint density at radius 3 is 2.65 bits per heavy atom. The highest BCUT2D eigenvalue weighted by Crippen LogP contribution is 2.32. The number of amides is 1. The van der Waals surface area contributed by atoms with Crippen molar-refractivity contribution in [3.63, 3.8) is 0 Å². The lowest BCUT2D eigenvalue weighted by molar-refractivity contribution is -0.137. The molecule has 0 spiro atoms. The quantitative estimate of drug-likeness (QED) is 0.311. The van der Waals surface area contributed by atoms with Gasteiger partial charge in [0.1, 0.15) is 6.10 Å². The van der Waals surface area contributed by atoms with Crippen molar-refractivity contribution in [3.05, 3.63) is 52.2 Å². The zero-order valence-electron chi connectivity index (χ0n) is 20.3. The van der Waals surface area contributed by atoms with Gasteiger partial charge in [0.25, 0.3) is 5.91 Å². The molecular weight excluding hydrogens is 535 g/mol. The molecular formula is C24H29ClF3N3O5S. The number of carbonyl (C=O) groups is 1. The second kappa shape index (κ2) is 12.8. The Morgan fingerprint density at radius 2 is 2.00 bits per heavy atom. The highest BCUT2D eigenvalue weighted by molar-refractivity contribution is 7.90. The van der Waals surface area contributed by atoms with Gasteiger partial charge in [0.2, 0.25) is 15.9 Å². The van der Waals surface area contributed by atoms with Crippen LogP contribution in [0.4, 0.5) is 13.2 Å². The van der Waals surface area contributed by atoms with Crippen molar-refractivity contribution in [1.82, 2.24) is 14.5 Å². The molecule has 1 aromatic heterocycles. The van der Waals surface area contributed by atoms with Crippen LogP contribution in [0.25, 0.3) is 6.08 Å². The van der Waals surface area contributed by atoms with Crippen molar-refractivity contribution < 1.29 is 35.9 Å². The first kappa shape index (κ1) is 29.0. The molecule has 0 radical (unpaired) electrons. The maximum Gasteiger partial charge on any atom is 0.416 e. The predicted octanol–water partition coefficient (Wildman–Crippen LogP) is 4.81. The van der Waals surface area contributed by atoms with Gasteiger partial charge in [-0.2, -0.15) is 13.2 Å². The molecule has 0 aliphatic carbocycles. The Labute approximate surface area is 218 Å². The lowest BCUT2D eigenvalue weighted by Gasteiger charge is -2.21. The van der Waals surface area contributed by atoms with Crippen LogP contribution in [0.1, 0.15) is 55.8 Å². The average molecular weight is 564 g/mol. The summed E-state index contributed by atoms with van der Waals surface area (Å²) in [5.74, 6) is -0.737. The number of halogens is 4. The third-order valence-corrected chi connectivity index (χ3v) is 7.31. The van der Waals surface area contributed by atoms with Crippen LogP contribution < -0.4 is 9.46 Å². The lowest BCUT2D eigenvalue weighted by Crippen LogP contribution is -2.31. The number of hydrogen-bond acceptors (Lipinski definition) is 6. The second-order valence-corrected chi connectivity index (χ2v) is 10.9. The van der Waals surface area contributed by atoms with E-state index < -0.39 is 27.7 Å². The van der Waals surface area contributed by atoms with Gasteiger partial charge in [-0.25, -0.2) is 13.1 Å². The van der Waals surface area contributed by atoms with E-state index in [9.17, 15) is 26.4 Å². The molecule has 1 aliphatic heterocycles. The van der Waals surface area contributed by atoms with Crippen LogP contribution in [0.2, 0.25) is 5.02 Å². The monoisotopic (exact) mass is 563 g/mol. The average Bonchev–Trinajstić information content (AvgIpc) is 3.19. The molecule has 1 aliphatic rings. The molecule has 0 atom stereocenters. The minimum Gasteiger partial charge on any atom is -0.473 e. The molecule has 2 heterocycles. The van der Waals surface area contributed by atoms with E-state index in [0.29, 0.717) is 43.7 Å². The zero-order chi connectivity index (χ0) is 27.1. The van der Waals surface area contributed by atoms with E-state index in [1.807, 2.05) is 11.6 Å². The Morgan fingerprint density at radius 1 is 1.27 bits per heavy atom. The first-order chi connectivity index (χ1) is 17.5. The van der Waals surface area contributed by atoms with E-state index in [1.54, 1.807) is 6.07 Å². The number of ether oxygens (including phenoxy) is 2. The fourth-order valence-corrected chi connectivity index (χ4v) is 4.95. The summed E-state index contributed by atoms with van der Waals surface area (Å²) >= 11 is 6.12. The fourth-order valence-electron chi connectivity index (χ4n) is 3.64. The van der Waals surface area contributed by atoms with E-state index in [0.717, 1.165) is 31.1 Å². The van der Waals surface area contributed by atoms with Gasteiger partial charge in [0.15, 0.2) is 0 Å². The number of nitrogens with one attached hydrogen (secondary N) is 1. The van der Waals surface area contributed by atoms with Crippen molar-refractivity contribution in [2.45, 2.75) is 57.9 Å². The van der Waals surface area contributed by atoms with Crippen LogP contribution in [0.5, 0.6) is 5.88 Å². The van der Waals surface area contributed by atoms with Crippen LogP contribution in [0, 0.1) is 0 Å². The van der Waals surface area contributed by atoms with E-state index in [2.05, 4.69) is 5.10 Å². The fraction of sp³-hybridized carbons (Fsp3) is 0.500.